The minimum atomic E-state index is 0.401. The quantitative estimate of drug-likeness (QED) is 0.856. The molecule has 0 amide bonds. The first-order valence-corrected chi connectivity index (χ1v) is 8.60. The lowest BCUT2D eigenvalue weighted by atomic mass is 9.86. The van der Waals surface area contributed by atoms with Crippen LogP contribution in [-0.2, 0) is 12.8 Å². The Hall–Kier alpha value is -0.930. The van der Waals surface area contributed by atoms with Crippen LogP contribution in [0.15, 0.2) is 0 Å². The third kappa shape index (κ3) is 2.31. The second-order valence-electron chi connectivity index (χ2n) is 6.25. The van der Waals surface area contributed by atoms with Crippen molar-refractivity contribution in [3.8, 4) is 11.5 Å². The van der Waals surface area contributed by atoms with Crippen LogP contribution >= 0.6 is 11.6 Å². The van der Waals surface area contributed by atoms with Gasteiger partial charge in [0.2, 0.25) is 0 Å². The fourth-order valence-corrected chi connectivity index (χ4v) is 4.24. The predicted octanol–water partition coefficient (Wildman–Crippen LogP) is 3.80. The SMILES string of the molecule is Clc1c2c(c(C3CCCCN3)c3c1OCCC3)OCCC2. The fraction of sp³-hybridized carbons (Fsp3) is 0.647. The van der Waals surface area contributed by atoms with Crippen LogP contribution in [0.25, 0.3) is 0 Å². The summed E-state index contributed by atoms with van der Waals surface area (Å²) in [6.07, 6.45) is 7.91. The second-order valence-corrected chi connectivity index (χ2v) is 6.63. The van der Waals surface area contributed by atoms with Gasteiger partial charge in [-0.05, 0) is 45.1 Å². The van der Waals surface area contributed by atoms with Gasteiger partial charge in [-0.15, -0.1) is 0 Å². The van der Waals surface area contributed by atoms with Crippen molar-refractivity contribution >= 4 is 11.6 Å². The van der Waals surface area contributed by atoms with Crippen molar-refractivity contribution in [1.82, 2.24) is 5.32 Å². The average Bonchev–Trinajstić information content (AvgIpc) is 2.56. The standard InChI is InChI=1S/C17H22ClNO2/c18-15-12-6-4-9-20-16(12)14(13-7-1-2-8-19-13)11-5-3-10-21-17(11)15/h13,19H,1-10H2. The predicted molar refractivity (Wildman–Crippen MR) is 83.7 cm³/mol. The van der Waals surface area contributed by atoms with E-state index in [-0.39, 0.29) is 0 Å². The molecule has 1 N–H and O–H groups in total. The molecule has 0 spiro atoms. The van der Waals surface area contributed by atoms with Gasteiger partial charge in [0.1, 0.15) is 11.5 Å². The molecule has 4 rings (SSSR count). The van der Waals surface area contributed by atoms with Gasteiger partial charge in [0.05, 0.1) is 18.2 Å². The molecule has 114 valence electrons. The molecule has 21 heavy (non-hydrogen) atoms. The summed E-state index contributed by atoms with van der Waals surface area (Å²) in [5, 5.41) is 4.48. The highest BCUT2D eigenvalue weighted by molar-refractivity contribution is 6.33. The molecule has 3 aliphatic heterocycles. The van der Waals surface area contributed by atoms with Crippen LogP contribution in [0, 0.1) is 0 Å². The summed E-state index contributed by atoms with van der Waals surface area (Å²) >= 11 is 6.63. The van der Waals surface area contributed by atoms with Crippen molar-refractivity contribution in [1.29, 1.82) is 0 Å². The van der Waals surface area contributed by atoms with E-state index in [2.05, 4.69) is 5.32 Å². The summed E-state index contributed by atoms with van der Waals surface area (Å²) in [4.78, 5) is 0. The van der Waals surface area contributed by atoms with Crippen molar-refractivity contribution in [3.05, 3.63) is 21.7 Å². The zero-order valence-electron chi connectivity index (χ0n) is 12.3. The molecule has 0 aliphatic carbocycles. The summed E-state index contributed by atoms with van der Waals surface area (Å²) in [6, 6.07) is 0.401. The first-order valence-electron chi connectivity index (χ1n) is 8.22. The van der Waals surface area contributed by atoms with Crippen molar-refractivity contribution < 1.29 is 9.47 Å². The Morgan fingerprint density at radius 2 is 1.67 bits per heavy atom. The molecular formula is C17H22ClNO2. The normalized spacial score (nSPS) is 24.5. The molecule has 1 fully saturated rings. The van der Waals surface area contributed by atoms with Crippen LogP contribution in [0.3, 0.4) is 0 Å². The largest absolute Gasteiger partial charge is 0.493 e. The summed E-state index contributed by atoms with van der Waals surface area (Å²) in [6.45, 7) is 2.68. The van der Waals surface area contributed by atoms with Gasteiger partial charge in [0.25, 0.3) is 0 Å². The molecule has 1 aromatic rings. The molecule has 3 aliphatic rings. The first-order chi connectivity index (χ1) is 10.4. The minimum absolute atomic E-state index is 0.401. The third-order valence-electron chi connectivity index (χ3n) is 4.88. The van der Waals surface area contributed by atoms with Gasteiger partial charge < -0.3 is 14.8 Å². The average molecular weight is 308 g/mol. The van der Waals surface area contributed by atoms with E-state index in [0.29, 0.717) is 6.04 Å². The maximum Gasteiger partial charge on any atom is 0.141 e. The molecule has 1 aromatic carbocycles. The topological polar surface area (TPSA) is 30.5 Å². The zero-order valence-corrected chi connectivity index (χ0v) is 13.1. The molecule has 0 radical (unpaired) electrons. The molecule has 0 bridgehead atoms. The maximum atomic E-state index is 6.63. The first kappa shape index (κ1) is 13.7. The van der Waals surface area contributed by atoms with Gasteiger partial charge in [-0.2, -0.15) is 0 Å². The number of nitrogens with one attached hydrogen (secondary N) is 1. The van der Waals surface area contributed by atoms with Gasteiger partial charge in [-0.25, -0.2) is 0 Å². The smallest absolute Gasteiger partial charge is 0.141 e. The van der Waals surface area contributed by atoms with Gasteiger partial charge >= 0.3 is 0 Å². The van der Waals surface area contributed by atoms with E-state index in [1.165, 1.54) is 36.0 Å². The molecule has 1 saturated heterocycles. The lowest BCUT2D eigenvalue weighted by Gasteiger charge is -2.34. The molecule has 4 heteroatoms. The molecule has 1 unspecified atom stereocenters. The zero-order chi connectivity index (χ0) is 14.2. The highest BCUT2D eigenvalue weighted by Gasteiger charge is 2.32. The number of halogens is 1. The van der Waals surface area contributed by atoms with E-state index >= 15 is 0 Å². The monoisotopic (exact) mass is 307 g/mol. The summed E-state index contributed by atoms with van der Waals surface area (Å²) in [5.41, 5.74) is 3.82. The van der Waals surface area contributed by atoms with E-state index in [4.69, 9.17) is 21.1 Å². The molecule has 3 heterocycles. The molecular weight excluding hydrogens is 286 g/mol. The summed E-state index contributed by atoms with van der Waals surface area (Å²) in [7, 11) is 0. The van der Waals surface area contributed by atoms with Crippen molar-refractivity contribution in [2.45, 2.75) is 51.0 Å². The number of benzene rings is 1. The number of rotatable bonds is 1. The van der Waals surface area contributed by atoms with Crippen molar-refractivity contribution in [2.24, 2.45) is 0 Å². The maximum absolute atomic E-state index is 6.63. The molecule has 0 aromatic heterocycles. The van der Waals surface area contributed by atoms with E-state index < -0.39 is 0 Å². The van der Waals surface area contributed by atoms with Gasteiger partial charge in [-0.1, -0.05) is 18.0 Å². The molecule has 3 nitrogen and oxygen atoms in total. The van der Waals surface area contributed by atoms with E-state index in [1.807, 2.05) is 0 Å². The molecule has 1 atom stereocenters. The molecule has 0 saturated carbocycles. The van der Waals surface area contributed by atoms with Crippen LogP contribution in [-0.4, -0.2) is 19.8 Å². The van der Waals surface area contributed by atoms with Crippen molar-refractivity contribution in [3.63, 3.8) is 0 Å². The van der Waals surface area contributed by atoms with Gasteiger partial charge in [0, 0.05) is 22.7 Å². The second kappa shape index (κ2) is 5.69. The van der Waals surface area contributed by atoms with Crippen LogP contribution in [0.4, 0.5) is 0 Å². The highest BCUT2D eigenvalue weighted by atomic mass is 35.5. The van der Waals surface area contributed by atoms with E-state index in [1.54, 1.807) is 0 Å². The van der Waals surface area contributed by atoms with Crippen molar-refractivity contribution in [2.75, 3.05) is 19.8 Å². The number of piperidine rings is 1. The number of hydrogen-bond donors (Lipinski definition) is 1. The highest BCUT2D eigenvalue weighted by Crippen LogP contribution is 2.49. The lowest BCUT2D eigenvalue weighted by molar-refractivity contribution is 0.262. The Balaban J connectivity index is 1.89. The van der Waals surface area contributed by atoms with Gasteiger partial charge in [0.15, 0.2) is 0 Å². The van der Waals surface area contributed by atoms with Crippen LogP contribution < -0.4 is 14.8 Å². The fourth-order valence-electron chi connectivity index (χ4n) is 3.89. The third-order valence-corrected chi connectivity index (χ3v) is 5.28. The lowest BCUT2D eigenvalue weighted by Crippen LogP contribution is -2.30. The number of fused-ring (bicyclic) bond motifs is 2. The van der Waals surface area contributed by atoms with Crippen LogP contribution in [0.5, 0.6) is 11.5 Å². The minimum Gasteiger partial charge on any atom is -0.493 e. The van der Waals surface area contributed by atoms with Crippen LogP contribution in [0.2, 0.25) is 5.02 Å². The Kier molecular flexibility index (Phi) is 3.72. The Morgan fingerprint density at radius 1 is 0.905 bits per heavy atom. The Labute approximate surface area is 131 Å². The number of ether oxygens (including phenoxy) is 2. The Bertz CT molecular complexity index is 515. The summed E-state index contributed by atoms with van der Waals surface area (Å²) < 4.78 is 12.0. The van der Waals surface area contributed by atoms with E-state index in [0.717, 1.165) is 62.0 Å². The van der Waals surface area contributed by atoms with Gasteiger partial charge in [-0.3, -0.25) is 0 Å². The van der Waals surface area contributed by atoms with Crippen LogP contribution in [0.1, 0.15) is 54.8 Å². The van der Waals surface area contributed by atoms with E-state index in [9.17, 15) is 0 Å². The number of hydrogen-bond acceptors (Lipinski definition) is 3. The Morgan fingerprint density at radius 3 is 2.43 bits per heavy atom. The summed E-state index contributed by atoms with van der Waals surface area (Å²) in [5.74, 6) is 2.00.